The molecule has 0 spiro atoms. The van der Waals surface area contributed by atoms with Gasteiger partial charge in [-0.3, -0.25) is 9.59 Å². The van der Waals surface area contributed by atoms with E-state index < -0.39 is 0 Å². The summed E-state index contributed by atoms with van der Waals surface area (Å²) in [7, 11) is 0. The van der Waals surface area contributed by atoms with Crippen LogP contribution < -0.4 is 5.32 Å². The number of hydrogen-bond acceptors (Lipinski definition) is 4. The van der Waals surface area contributed by atoms with Crippen LogP contribution in [0.25, 0.3) is 11.0 Å². The number of fused-ring (bicyclic) bond motifs is 1. The molecule has 3 heterocycles. The lowest BCUT2D eigenvalue weighted by atomic mass is 9.92. The number of carbonyl (C=O) groups excluding carboxylic acids is 2. The molecule has 0 aliphatic carbocycles. The average molecular weight is 534 g/mol. The summed E-state index contributed by atoms with van der Waals surface area (Å²) in [4.78, 5) is 38.3. The van der Waals surface area contributed by atoms with Crippen molar-refractivity contribution in [3.05, 3.63) is 65.2 Å². The van der Waals surface area contributed by atoms with Crippen molar-refractivity contribution in [2.45, 2.75) is 51.9 Å². The Labute approximate surface area is 230 Å². The molecule has 5 rings (SSSR count). The summed E-state index contributed by atoms with van der Waals surface area (Å²) < 4.78 is 13.2. The van der Waals surface area contributed by atoms with E-state index in [1.54, 1.807) is 12.1 Å². The maximum absolute atomic E-state index is 13.2. The van der Waals surface area contributed by atoms with Crippen molar-refractivity contribution >= 4 is 22.8 Å². The van der Waals surface area contributed by atoms with Crippen LogP contribution in [0.3, 0.4) is 0 Å². The minimum absolute atomic E-state index is 0.00511. The molecule has 2 saturated heterocycles. The van der Waals surface area contributed by atoms with Crippen LogP contribution in [-0.4, -0.2) is 70.9 Å². The molecular weight excluding hydrogens is 493 g/mol. The van der Waals surface area contributed by atoms with Gasteiger partial charge in [-0.1, -0.05) is 26.8 Å². The predicted molar refractivity (Wildman–Crippen MR) is 151 cm³/mol. The van der Waals surface area contributed by atoms with Crippen LogP contribution in [-0.2, 0) is 5.41 Å². The van der Waals surface area contributed by atoms with Crippen LogP contribution in [0.15, 0.2) is 42.5 Å². The molecule has 7 nitrogen and oxygen atoms in total. The summed E-state index contributed by atoms with van der Waals surface area (Å²) in [6.07, 6.45) is 4.14. The van der Waals surface area contributed by atoms with Gasteiger partial charge in [0.05, 0.1) is 11.1 Å². The van der Waals surface area contributed by atoms with Crippen LogP contribution in [0.5, 0.6) is 0 Å². The van der Waals surface area contributed by atoms with E-state index in [1.807, 2.05) is 23.1 Å². The number of nitrogens with one attached hydrogen (secondary N) is 2. The molecule has 2 N–H and O–H groups in total. The highest BCUT2D eigenvalue weighted by Crippen LogP contribution is 2.26. The fourth-order valence-corrected chi connectivity index (χ4v) is 5.73. The number of imidazole rings is 1. The standard InChI is InChI=1S/C31H40FN5O2/c1-31(2,3)30-34-26-6-4-5-25(27(26)35-30)28(38)33-19-21-11-15-36(16-12-21)20-22-13-17-37(18-14-22)29(39)23-7-9-24(32)10-8-23/h4-10,21-22H,11-20H2,1-3H3,(H,33,38)(H,34,35). The van der Waals surface area contributed by atoms with Gasteiger partial charge in [-0.2, -0.15) is 0 Å². The number of aromatic amines is 1. The molecule has 0 saturated carbocycles. The molecule has 2 fully saturated rings. The number of para-hydroxylation sites is 1. The number of H-pyrrole nitrogens is 1. The number of hydrogen-bond donors (Lipinski definition) is 2. The molecule has 0 radical (unpaired) electrons. The van der Waals surface area contributed by atoms with Crippen molar-refractivity contribution in [1.29, 1.82) is 0 Å². The minimum atomic E-state index is -0.322. The van der Waals surface area contributed by atoms with Gasteiger partial charge in [0.15, 0.2) is 0 Å². The highest BCUT2D eigenvalue weighted by atomic mass is 19.1. The highest BCUT2D eigenvalue weighted by molar-refractivity contribution is 6.04. The summed E-state index contributed by atoms with van der Waals surface area (Å²) in [5.74, 6) is 1.56. The van der Waals surface area contributed by atoms with Gasteiger partial charge in [-0.15, -0.1) is 0 Å². The Bertz CT molecular complexity index is 1300. The molecule has 8 heteroatoms. The number of likely N-dealkylation sites (tertiary alicyclic amines) is 2. The van der Waals surface area contributed by atoms with Crippen molar-refractivity contribution in [1.82, 2.24) is 25.1 Å². The van der Waals surface area contributed by atoms with E-state index in [0.29, 0.717) is 29.5 Å². The monoisotopic (exact) mass is 533 g/mol. The summed E-state index contributed by atoms with van der Waals surface area (Å²) in [5.41, 5.74) is 2.70. The van der Waals surface area contributed by atoms with E-state index in [-0.39, 0.29) is 23.0 Å². The zero-order valence-corrected chi connectivity index (χ0v) is 23.3. The number of piperidine rings is 2. The zero-order chi connectivity index (χ0) is 27.6. The van der Waals surface area contributed by atoms with E-state index in [1.165, 1.54) is 12.1 Å². The summed E-state index contributed by atoms with van der Waals surface area (Å²) in [5, 5.41) is 3.17. The van der Waals surface area contributed by atoms with Gasteiger partial charge < -0.3 is 20.1 Å². The Hall–Kier alpha value is -3.26. The Morgan fingerprint density at radius 2 is 1.64 bits per heavy atom. The number of halogens is 1. The van der Waals surface area contributed by atoms with Crippen molar-refractivity contribution in [3.63, 3.8) is 0 Å². The minimum Gasteiger partial charge on any atom is -0.352 e. The lowest BCUT2D eigenvalue weighted by molar-refractivity contribution is 0.0652. The fourth-order valence-electron chi connectivity index (χ4n) is 5.73. The van der Waals surface area contributed by atoms with E-state index in [4.69, 9.17) is 4.98 Å². The lowest BCUT2D eigenvalue weighted by Crippen LogP contribution is -2.44. The van der Waals surface area contributed by atoms with E-state index in [9.17, 15) is 14.0 Å². The Morgan fingerprint density at radius 3 is 2.31 bits per heavy atom. The Morgan fingerprint density at radius 1 is 0.974 bits per heavy atom. The molecular formula is C31H40FN5O2. The molecule has 39 heavy (non-hydrogen) atoms. The van der Waals surface area contributed by atoms with Gasteiger partial charge in [0, 0.05) is 37.2 Å². The van der Waals surface area contributed by atoms with Crippen molar-refractivity contribution in [3.8, 4) is 0 Å². The molecule has 0 atom stereocenters. The normalized spacial score (nSPS) is 18.0. The summed E-state index contributed by atoms with van der Waals surface area (Å²) in [6.45, 7) is 11.7. The Kier molecular flexibility index (Phi) is 8.03. The maximum Gasteiger partial charge on any atom is 0.253 e. The highest BCUT2D eigenvalue weighted by Gasteiger charge is 2.27. The summed E-state index contributed by atoms with van der Waals surface area (Å²) in [6, 6.07) is 11.6. The molecule has 3 aromatic rings. The second-order valence-corrected chi connectivity index (χ2v) is 12.2. The SMILES string of the molecule is CC(C)(C)c1nc2c(C(=O)NCC3CCN(CC4CCN(C(=O)c5ccc(F)cc5)CC4)CC3)cccc2[nH]1. The number of aromatic nitrogens is 2. The largest absolute Gasteiger partial charge is 0.352 e. The quantitative estimate of drug-likeness (QED) is 0.468. The summed E-state index contributed by atoms with van der Waals surface area (Å²) >= 11 is 0. The van der Waals surface area contributed by atoms with Gasteiger partial charge in [0.2, 0.25) is 0 Å². The molecule has 2 aromatic carbocycles. The molecule has 0 bridgehead atoms. The van der Waals surface area contributed by atoms with Crippen LogP contribution in [0.2, 0.25) is 0 Å². The van der Waals surface area contributed by atoms with Crippen molar-refractivity contribution in [2.75, 3.05) is 39.3 Å². The molecule has 2 aliphatic rings. The third-order valence-electron chi connectivity index (χ3n) is 8.24. The smallest absolute Gasteiger partial charge is 0.253 e. The first-order valence-electron chi connectivity index (χ1n) is 14.2. The van der Waals surface area contributed by atoms with E-state index >= 15 is 0 Å². The van der Waals surface area contributed by atoms with E-state index in [0.717, 1.165) is 75.3 Å². The number of rotatable bonds is 6. The molecule has 2 amide bonds. The van der Waals surface area contributed by atoms with Crippen LogP contribution in [0.4, 0.5) is 4.39 Å². The van der Waals surface area contributed by atoms with Crippen LogP contribution >= 0.6 is 0 Å². The average Bonchev–Trinajstić information content (AvgIpc) is 3.39. The number of nitrogens with zero attached hydrogens (tertiary/aromatic N) is 3. The lowest BCUT2D eigenvalue weighted by Gasteiger charge is -2.37. The first kappa shape index (κ1) is 27.3. The third kappa shape index (κ3) is 6.49. The molecule has 0 unspecified atom stereocenters. The predicted octanol–water partition coefficient (Wildman–Crippen LogP) is 4.99. The third-order valence-corrected chi connectivity index (χ3v) is 8.24. The van der Waals surface area contributed by atoms with Crippen molar-refractivity contribution < 1.29 is 14.0 Å². The van der Waals surface area contributed by atoms with Gasteiger partial charge in [0.1, 0.15) is 17.2 Å². The Balaban J connectivity index is 1.05. The van der Waals surface area contributed by atoms with Crippen LogP contribution in [0, 0.1) is 17.7 Å². The second kappa shape index (κ2) is 11.5. The first-order chi connectivity index (χ1) is 18.7. The number of carbonyl (C=O) groups is 2. The van der Waals surface area contributed by atoms with Gasteiger partial charge in [-0.25, -0.2) is 9.37 Å². The topological polar surface area (TPSA) is 81.3 Å². The zero-order valence-electron chi connectivity index (χ0n) is 23.3. The van der Waals surface area contributed by atoms with Gasteiger partial charge in [0.25, 0.3) is 11.8 Å². The van der Waals surface area contributed by atoms with Crippen molar-refractivity contribution in [2.24, 2.45) is 11.8 Å². The second-order valence-electron chi connectivity index (χ2n) is 12.2. The van der Waals surface area contributed by atoms with E-state index in [2.05, 4.69) is 36.0 Å². The van der Waals surface area contributed by atoms with Gasteiger partial charge in [-0.05, 0) is 87.0 Å². The fraction of sp³-hybridized carbons (Fsp3) is 0.516. The number of benzene rings is 2. The number of amides is 2. The molecule has 2 aliphatic heterocycles. The van der Waals surface area contributed by atoms with Crippen LogP contribution in [0.1, 0.15) is 73.0 Å². The first-order valence-corrected chi connectivity index (χ1v) is 14.2. The van der Waals surface area contributed by atoms with Gasteiger partial charge >= 0.3 is 0 Å². The molecule has 1 aromatic heterocycles. The maximum atomic E-state index is 13.2. The molecule has 208 valence electrons.